The molecule has 32 heavy (non-hydrogen) atoms. The zero-order chi connectivity index (χ0) is 23.3. The predicted molar refractivity (Wildman–Crippen MR) is 129 cm³/mol. The third-order valence-corrected chi connectivity index (χ3v) is 7.56. The summed E-state index contributed by atoms with van der Waals surface area (Å²) in [7, 11) is -3.85. The molecule has 0 fully saturated rings. The summed E-state index contributed by atoms with van der Waals surface area (Å²) in [6.07, 6.45) is 0. The van der Waals surface area contributed by atoms with Crippen LogP contribution in [0.3, 0.4) is 0 Å². The van der Waals surface area contributed by atoms with E-state index in [1.807, 2.05) is 0 Å². The first kappa shape index (κ1) is 24.7. The number of hydrogen-bond acceptors (Lipinski definition) is 4. The van der Waals surface area contributed by atoms with E-state index in [4.69, 9.17) is 27.9 Å². The van der Waals surface area contributed by atoms with Crippen molar-refractivity contribution in [2.45, 2.75) is 24.9 Å². The number of nitrogens with zero attached hydrogens (tertiary/aromatic N) is 1. The number of ether oxygens (including phenoxy) is 1. The minimum atomic E-state index is -3.85. The van der Waals surface area contributed by atoms with Crippen LogP contribution in [0.25, 0.3) is 0 Å². The van der Waals surface area contributed by atoms with Gasteiger partial charge in [0.05, 0.1) is 17.1 Å². The average Bonchev–Trinajstić information content (AvgIpc) is 2.76. The molecular weight excluding hydrogens is 537 g/mol. The minimum Gasteiger partial charge on any atom is -0.462 e. The van der Waals surface area contributed by atoms with Gasteiger partial charge >= 0.3 is 5.97 Å². The van der Waals surface area contributed by atoms with Gasteiger partial charge in [-0.1, -0.05) is 57.3 Å². The Bertz CT molecular complexity index is 1200. The standard InChI is InChI=1S/C23H20BrCl2NO4S/c1-2-31-23(28)17-5-3-16(4-6-17)14-27(15-18-7-10-20(25)13-22(18)26)32(29,30)21-11-8-19(24)9-12-21/h3-13H,2,14-15H2,1H3. The molecular formula is C23H20BrCl2NO4S. The quantitative estimate of drug-likeness (QED) is 0.304. The van der Waals surface area contributed by atoms with Gasteiger partial charge in [0.25, 0.3) is 0 Å². The maximum absolute atomic E-state index is 13.5. The summed E-state index contributed by atoms with van der Waals surface area (Å²) in [6.45, 7) is 2.15. The van der Waals surface area contributed by atoms with Gasteiger partial charge in [0, 0.05) is 27.6 Å². The van der Waals surface area contributed by atoms with E-state index < -0.39 is 16.0 Å². The number of hydrogen-bond donors (Lipinski definition) is 0. The van der Waals surface area contributed by atoms with Gasteiger partial charge in [-0.3, -0.25) is 0 Å². The molecule has 9 heteroatoms. The number of carbonyl (C=O) groups is 1. The molecule has 5 nitrogen and oxygen atoms in total. The Hall–Kier alpha value is -1.90. The molecule has 0 aliphatic heterocycles. The molecule has 0 unspecified atom stereocenters. The van der Waals surface area contributed by atoms with Crippen molar-refractivity contribution in [3.8, 4) is 0 Å². The van der Waals surface area contributed by atoms with Crippen LogP contribution in [0, 0.1) is 0 Å². The molecule has 0 N–H and O–H groups in total. The Kier molecular flexibility index (Phi) is 8.36. The summed E-state index contributed by atoms with van der Waals surface area (Å²) >= 11 is 15.6. The van der Waals surface area contributed by atoms with Crippen LogP contribution in [0.15, 0.2) is 76.1 Å². The maximum atomic E-state index is 13.5. The molecule has 0 aromatic heterocycles. The second-order valence-corrected chi connectivity index (χ2v) is 10.6. The smallest absolute Gasteiger partial charge is 0.338 e. The van der Waals surface area contributed by atoms with Crippen LogP contribution in [0.5, 0.6) is 0 Å². The zero-order valence-corrected chi connectivity index (χ0v) is 21.0. The lowest BCUT2D eigenvalue weighted by molar-refractivity contribution is 0.0526. The van der Waals surface area contributed by atoms with E-state index in [0.29, 0.717) is 26.7 Å². The molecule has 0 aliphatic carbocycles. The van der Waals surface area contributed by atoms with E-state index in [-0.39, 0.29) is 24.6 Å². The lowest BCUT2D eigenvalue weighted by Gasteiger charge is -2.23. The van der Waals surface area contributed by atoms with Crippen LogP contribution in [0.1, 0.15) is 28.4 Å². The second kappa shape index (κ2) is 10.8. The molecule has 3 rings (SSSR count). The molecule has 0 saturated carbocycles. The molecule has 0 atom stereocenters. The molecule has 0 spiro atoms. The summed E-state index contributed by atoms with van der Waals surface area (Å²) in [5.41, 5.74) is 1.74. The van der Waals surface area contributed by atoms with Crippen molar-refractivity contribution in [2.75, 3.05) is 6.61 Å². The Balaban J connectivity index is 1.94. The van der Waals surface area contributed by atoms with Crippen molar-refractivity contribution in [1.82, 2.24) is 4.31 Å². The minimum absolute atomic E-state index is 0.0496. The van der Waals surface area contributed by atoms with Crippen LogP contribution in [-0.2, 0) is 27.8 Å². The average molecular weight is 557 g/mol. The number of halogens is 3. The SMILES string of the molecule is CCOC(=O)c1ccc(CN(Cc2ccc(Cl)cc2Cl)S(=O)(=O)c2ccc(Br)cc2)cc1. The van der Waals surface area contributed by atoms with Crippen molar-refractivity contribution in [2.24, 2.45) is 0 Å². The number of carbonyl (C=O) groups excluding carboxylic acids is 1. The summed E-state index contributed by atoms with van der Waals surface area (Å²) in [5.74, 6) is -0.425. The second-order valence-electron chi connectivity index (χ2n) is 6.88. The number of esters is 1. The van der Waals surface area contributed by atoms with Crippen molar-refractivity contribution >= 4 is 55.1 Å². The first-order chi connectivity index (χ1) is 15.2. The summed E-state index contributed by atoms with van der Waals surface area (Å²) in [4.78, 5) is 12.1. The monoisotopic (exact) mass is 555 g/mol. The summed E-state index contributed by atoms with van der Waals surface area (Å²) in [5, 5.41) is 0.849. The first-order valence-electron chi connectivity index (χ1n) is 9.66. The first-order valence-corrected chi connectivity index (χ1v) is 12.7. The number of benzene rings is 3. The van der Waals surface area contributed by atoms with Crippen LogP contribution >= 0.6 is 39.1 Å². The van der Waals surface area contributed by atoms with Crippen LogP contribution in [-0.4, -0.2) is 25.3 Å². The van der Waals surface area contributed by atoms with Gasteiger partial charge in [0.2, 0.25) is 10.0 Å². The fourth-order valence-corrected chi connectivity index (χ4v) is 5.12. The third-order valence-electron chi connectivity index (χ3n) is 4.64. The topological polar surface area (TPSA) is 63.7 Å². The molecule has 0 saturated heterocycles. The van der Waals surface area contributed by atoms with E-state index in [2.05, 4.69) is 15.9 Å². The molecule has 0 bridgehead atoms. The lowest BCUT2D eigenvalue weighted by Crippen LogP contribution is -2.30. The predicted octanol–water partition coefficient (Wildman–Crippen LogP) is 6.32. The van der Waals surface area contributed by atoms with E-state index in [0.717, 1.165) is 4.47 Å². The maximum Gasteiger partial charge on any atom is 0.338 e. The van der Waals surface area contributed by atoms with Crippen molar-refractivity contribution in [3.05, 3.63) is 97.9 Å². The van der Waals surface area contributed by atoms with Crippen molar-refractivity contribution in [3.63, 3.8) is 0 Å². The van der Waals surface area contributed by atoms with Gasteiger partial charge in [0.1, 0.15) is 0 Å². The van der Waals surface area contributed by atoms with Crippen molar-refractivity contribution < 1.29 is 17.9 Å². The Morgan fingerprint density at radius 2 is 1.62 bits per heavy atom. The largest absolute Gasteiger partial charge is 0.462 e. The van der Waals surface area contributed by atoms with E-state index in [9.17, 15) is 13.2 Å². The molecule has 168 valence electrons. The highest BCUT2D eigenvalue weighted by Crippen LogP contribution is 2.27. The molecule has 3 aromatic rings. The fraction of sp³-hybridized carbons (Fsp3) is 0.174. The van der Waals surface area contributed by atoms with Gasteiger partial charge in [0.15, 0.2) is 0 Å². The molecule has 0 amide bonds. The Labute approximate surface area is 206 Å². The van der Waals surface area contributed by atoms with Gasteiger partial charge in [-0.15, -0.1) is 0 Å². The number of rotatable bonds is 8. The summed E-state index contributed by atoms with van der Waals surface area (Å²) in [6, 6.07) is 18.0. The van der Waals surface area contributed by atoms with Crippen LogP contribution in [0.2, 0.25) is 10.0 Å². The van der Waals surface area contributed by atoms with Gasteiger partial charge in [-0.05, 0) is 66.6 Å². The summed E-state index contributed by atoms with van der Waals surface area (Å²) < 4.78 is 34.0. The highest BCUT2D eigenvalue weighted by molar-refractivity contribution is 9.10. The van der Waals surface area contributed by atoms with Crippen molar-refractivity contribution in [1.29, 1.82) is 0 Å². The van der Waals surface area contributed by atoms with Crippen LogP contribution < -0.4 is 0 Å². The molecule has 0 radical (unpaired) electrons. The highest BCUT2D eigenvalue weighted by Gasteiger charge is 2.26. The lowest BCUT2D eigenvalue weighted by atomic mass is 10.1. The third kappa shape index (κ3) is 6.11. The zero-order valence-electron chi connectivity index (χ0n) is 17.1. The van der Waals surface area contributed by atoms with E-state index in [1.165, 1.54) is 4.31 Å². The molecule has 0 heterocycles. The van der Waals surface area contributed by atoms with Crippen LogP contribution in [0.4, 0.5) is 0 Å². The highest BCUT2D eigenvalue weighted by atomic mass is 79.9. The molecule has 0 aliphatic rings. The Morgan fingerprint density at radius 1 is 0.969 bits per heavy atom. The Morgan fingerprint density at radius 3 is 2.22 bits per heavy atom. The normalized spacial score (nSPS) is 11.5. The van der Waals surface area contributed by atoms with Gasteiger partial charge in [-0.2, -0.15) is 4.31 Å². The number of sulfonamides is 1. The van der Waals surface area contributed by atoms with E-state index >= 15 is 0 Å². The van der Waals surface area contributed by atoms with Gasteiger partial charge in [-0.25, -0.2) is 13.2 Å². The fourth-order valence-electron chi connectivity index (χ4n) is 2.99. The molecule has 3 aromatic carbocycles. The van der Waals surface area contributed by atoms with E-state index in [1.54, 1.807) is 73.7 Å². The van der Waals surface area contributed by atoms with Gasteiger partial charge < -0.3 is 4.74 Å².